The third-order valence-corrected chi connectivity index (χ3v) is 4.56. The van der Waals surface area contributed by atoms with Crippen LogP contribution in [0, 0.1) is 23.2 Å². The van der Waals surface area contributed by atoms with E-state index in [1.165, 1.54) is 16.2 Å². The normalized spacial score (nSPS) is 12.0. The standard InChI is InChI=1S/C17H12N2OS/c18-11-14-13-7-4-8-15(13)21-17(14)19-16(20)10-9-12-5-2-1-3-6-12/h1-3,5-6H,4,7-8H2,(H,19,20). The first-order valence-electron chi connectivity index (χ1n) is 6.70. The first-order chi connectivity index (χ1) is 10.3. The number of benzene rings is 1. The summed E-state index contributed by atoms with van der Waals surface area (Å²) in [7, 11) is 0. The highest BCUT2D eigenvalue weighted by Crippen LogP contribution is 2.38. The molecular formula is C17H12N2OS. The average Bonchev–Trinajstić information content (AvgIpc) is 3.06. The highest BCUT2D eigenvalue weighted by atomic mass is 32.1. The van der Waals surface area contributed by atoms with Crippen LogP contribution < -0.4 is 5.32 Å². The van der Waals surface area contributed by atoms with Crippen LogP contribution in [0.2, 0.25) is 0 Å². The van der Waals surface area contributed by atoms with Crippen LogP contribution in [0.15, 0.2) is 30.3 Å². The Hall–Kier alpha value is -2.56. The van der Waals surface area contributed by atoms with Gasteiger partial charge in [-0.15, -0.1) is 11.3 Å². The zero-order valence-corrected chi connectivity index (χ0v) is 12.1. The molecule has 1 aromatic carbocycles. The van der Waals surface area contributed by atoms with Crippen LogP contribution in [-0.2, 0) is 17.6 Å². The van der Waals surface area contributed by atoms with E-state index in [1.807, 2.05) is 30.3 Å². The third-order valence-electron chi connectivity index (χ3n) is 3.35. The van der Waals surface area contributed by atoms with E-state index in [9.17, 15) is 10.1 Å². The Morgan fingerprint density at radius 3 is 2.81 bits per heavy atom. The van der Waals surface area contributed by atoms with Crippen LogP contribution in [-0.4, -0.2) is 5.91 Å². The van der Waals surface area contributed by atoms with E-state index in [-0.39, 0.29) is 5.91 Å². The van der Waals surface area contributed by atoms with Gasteiger partial charge >= 0.3 is 5.91 Å². The molecule has 1 amide bonds. The largest absolute Gasteiger partial charge is 0.306 e. The van der Waals surface area contributed by atoms with Gasteiger partial charge in [-0.25, -0.2) is 0 Å². The van der Waals surface area contributed by atoms with Crippen molar-refractivity contribution in [2.45, 2.75) is 19.3 Å². The molecule has 0 atom stereocenters. The van der Waals surface area contributed by atoms with Crippen molar-refractivity contribution >= 4 is 22.2 Å². The van der Waals surface area contributed by atoms with Crippen molar-refractivity contribution in [2.24, 2.45) is 0 Å². The van der Waals surface area contributed by atoms with E-state index in [0.717, 1.165) is 30.4 Å². The maximum Gasteiger partial charge on any atom is 0.301 e. The summed E-state index contributed by atoms with van der Waals surface area (Å²) >= 11 is 1.50. The molecule has 21 heavy (non-hydrogen) atoms. The van der Waals surface area contributed by atoms with Crippen LogP contribution in [0.25, 0.3) is 0 Å². The topological polar surface area (TPSA) is 52.9 Å². The fourth-order valence-corrected chi connectivity index (χ4v) is 3.63. The smallest absolute Gasteiger partial charge is 0.301 e. The summed E-state index contributed by atoms with van der Waals surface area (Å²) in [5.74, 6) is 4.99. The Balaban J connectivity index is 1.78. The summed E-state index contributed by atoms with van der Waals surface area (Å²) < 4.78 is 0. The van der Waals surface area contributed by atoms with E-state index in [4.69, 9.17) is 0 Å². The Morgan fingerprint density at radius 2 is 2.05 bits per heavy atom. The van der Waals surface area contributed by atoms with E-state index >= 15 is 0 Å². The molecular weight excluding hydrogens is 280 g/mol. The maximum absolute atomic E-state index is 11.9. The second-order valence-electron chi connectivity index (χ2n) is 4.74. The minimum absolute atomic E-state index is 0.379. The number of rotatable bonds is 1. The molecule has 1 heterocycles. The van der Waals surface area contributed by atoms with E-state index in [0.29, 0.717) is 10.6 Å². The van der Waals surface area contributed by atoms with Gasteiger partial charge in [0.1, 0.15) is 11.1 Å². The van der Waals surface area contributed by atoms with Crippen molar-refractivity contribution in [3.05, 3.63) is 51.9 Å². The van der Waals surface area contributed by atoms with Gasteiger partial charge in [-0.3, -0.25) is 4.79 Å². The van der Waals surface area contributed by atoms with Gasteiger partial charge in [-0.05, 0) is 37.0 Å². The Morgan fingerprint density at radius 1 is 1.24 bits per heavy atom. The lowest BCUT2D eigenvalue weighted by molar-refractivity contribution is -0.111. The van der Waals surface area contributed by atoms with E-state index in [2.05, 4.69) is 23.2 Å². The van der Waals surface area contributed by atoms with Crippen molar-refractivity contribution in [3.63, 3.8) is 0 Å². The van der Waals surface area contributed by atoms with Gasteiger partial charge in [0.2, 0.25) is 0 Å². The zero-order valence-electron chi connectivity index (χ0n) is 11.3. The van der Waals surface area contributed by atoms with E-state index in [1.54, 1.807) is 0 Å². The van der Waals surface area contributed by atoms with Crippen molar-refractivity contribution in [2.75, 3.05) is 5.32 Å². The van der Waals surface area contributed by atoms with Gasteiger partial charge in [0.25, 0.3) is 0 Å². The molecule has 1 aromatic heterocycles. The Kier molecular flexibility index (Phi) is 3.73. The monoisotopic (exact) mass is 292 g/mol. The van der Waals surface area contributed by atoms with E-state index < -0.39 is 0 Å². The number of nitrogens with one attached hydrogen (secondary N) is 1. The van der Waals surface area contributed by atoms with Crippen LogP contribution >= 0.6 is 11.3 Å². The summed E-state index contributed by atoms with van der Waals surface area (Å²) in [6, 6.07) is 11.5. The van der Waals surface area contributed by atoms with Gasteiger partial charge in [0, 0.05) is 16.4 Å². The first kappa shape index (κ1) is 13.4. The fraction of sp³-hybridized carbons (Fsp3) is 0.176. The molecule has 1 aliphatic carbocycles. The number of aryl methyl sites for hydroxylation is 1. The number of thiophene rings is 1. The molecule has 1 aliphatic rings. The minimum atomic E-state index is -0.379. The number of nitrogens with zero attached hydrogens (tertiary/aromatic N) is 1. The quantitative estimate of drug-likeness (QED) is 0.821. The molecule has 0 saturated heterocycles. The number of carbonyl (C=O) groups is 1. The van der Waals surface area contributed by atoms with Gasteiger partial charge < -0.3 is 5.32 Å². The number of nitriles is 1. The third kappa shape index (κ3) is 2.81. The van der Waals surface area contributed by atoms with Gasteiger partial charge in [-0.2, -0.15) is 5.26 Å². The Bertz CT molecular complexity index is 788. The summed E-state index contributed by atoms with van der Waals surface area (Å²) in [6.07, 6.45) is 3.03. The first-order valence-corrected chi connectivity index (χ1v) is 7.52. The molecule has 3 rings (SSSR count). The lowest BCUT2D eigenvalue weighted by atomic mass is 10.1. The van der Waals surface area contributed by atoms with Crippen molar-refractivity contribution in [3.8, 4) is 17.9 Å². The highest BCUT2D eigenvalue weighted by molar-refractivity contribution is 7.16. The molecule has 4 heteroatoms. The molecule has 3 nitrogen and oxygen atoms in total. The molecule has 0 spiro atoms. The second-order valence-corrected chi connectivity index (χ2v) is 5.85. The molecule has 0 fully saturated rings. The second kappa shape index (κ2) is 5.83. The van der Waals surface area contributed by atoms with Gasteiger partial charge in [0.15, 0.2) is 0 Å². The summed E-state index contributed by atoms with van der Waals surface area (Å²) in [4.78, 5) is 13.1. The molecule has 0 saturated carbocycles. The minimum Gasteiger partial charge on any atom is -0.306 e. The Labute approximate surface area is 127 Å². The molecule has 102 valence electrons. The lowest BCUT2D eigenvalue weighted by Gasteiger charge is -1.98. The number of amides is 1. The van der Waals surface area contributed by atoms with Crippen LogP contribution in [0.5, 0.6) is 0 Å². The van der Waals surface area contributed by atoms with Crippen LogP contribution in [0.4, 0.5) is 5.00 Å². The van der Waals surface area contributed by atoms with Gasteiger partial charge in [-0.1, -0.05) is 24.1 Å². The number of fused-ring (bicyclic) bond motifs is 1. The predicted molar refractivity (Wildman–Crippen MR) is 83.0 cm³/mol. The number of anilines is 1. The summed E-state index contributed by atoms with van der Waals surface area (Å²) in [5.41, 5.74) is 2.51. The van der Waals surface area contributed by atoms with Crippen LogP contribution in [0.1, 0.15) is 28.0 Å². The number of carbonyl (C=O) groups excluding carboxylic acids is 1. The lowest BCUT2D eigenvalue weighted by Crippen LogP contribution is -2.08. The average molecular weight is 292 g/mol. The van der Waals surface area contributed by atoms with Crippen molar-refractivity contribution in [1.29, 1.82) is 5.26 Å². The summed E-state index contributed by atoms with van der Waals surface area (Å²) in [6.45, 7) is 0. The molecule has 0 bridgehead atoms. The fourth-order valence-electron chi connectivity index (χ4n) is 2.40. The summed E-state index contributed by atoms with van der Waals surface area (Å²) in [5, 5.41) is 12.6. The number of hydrogen-bond acceptors (Lipinski definition) is 3. The van der Waals surface area contributed by atoms with Gasteiger partial charge in [0.05, 0.1) is 5.56 Å². The van der Waals surface area contributed by atoms with Crippen LogP contribution in [0.3, 0.4) is 0 Å². The predicted octanol–water partition coefficient (Wildman–Crippen LogP) is 3.10. The molecule has 0 unspecified atom stereocenters. The molecule has 2 aromatic rings. The highest BCUT2D eigenvalue weighted by Gasteiger charge is 2.22. The molecule has 1 N–H and O–H groups in total. The zero-order chi connectivity index (χ0) is 14.7. The molecule has 0 radical (unpaired) electrons. The van der Waals surface area contributed by atoms with Crippen molar-refractivity contribution < 1.29 is 4.79 Å². The SMILES string of the molecule is N#Cc1c(NC(=O)C#Cc2ccccc2)sc2c1CCC2. The number of hydrogen-bond donors (Lipinski definition) is 1. The maximum atomic E-state index is 11.9. The molecule has 0 aliphatic heterocycles. The van der Waals surface area contributed by atoms with Crippen molar-refractivity contribution in [1.82, 2.24) is 0 Å².